The number of carbonyl (C=O) groups excluding carboxylic acids is 1. The van der Waals surface area contributed by atoms with Crippen LogP contribution in [0.1, 0.15) is 56.5 Å². The number of halogens is 1. The van der Waals surface area contributed by atoms with Gasteiger partial charge in [0.15, 0.2) is 0 Å². The minimum absolute atomic E-state index is 0.0233. The van der Waals surface area contributed by atoms with Crippen LogP contribution in [0.4, 0.5) is 4.39 Å². The van der Waals surface area contributed by atoms with Crippen LogP contribution in [-0.2, 0) is 5.41 Å². The summed E-state index contributed by atoms with van der Waals surface area (Å²) in [6, 6.07) is 7.61. The van der Waals surface area contributed by atoms with E-state index in [0.29, 0.717) is 18.4 Å². The normalized spacial score (nSPS) is 26.7. The molecule has 0 heterocycles. The summed E-state index contributed by atoms with van der Waals surface area (Å²) < 4.78 is 13.3. The summed E-state index contributed by atoms with van der Waals surface area (Å²) in [6.45, 7) is 7.99. The highest BCUT2D eigenvalue weighted by Crippen LogP contribution is 2.35. The second kappa shape index (κ2) is 4.62. The lowest BCUT2D eigenvalue weighted by Crippen LogP contribution is -2.51. The molecule has 0 aromatic heterocycles. The first kappa shape index (κ1) is 14.0. The average molecular weight is 263 g/mol. The lowest BCUT2D eigenvalue weighted by Gasteiger charge is -2.38. The lowest BCUT2D eigenvalue weighted by atomic mass is 9.79. The standard InChI is InChI=1S/C16H22FNO/c1-15(2,3)12-7-5-11(6-8-12)14(19)18-13-9-16(4,17)10-13/h5-8,13H,9-10H2,1-4H3,(H,18,19). The second-order valence-electron chi connectivity index (χ2n) is 6.82. The maximum absolute atomic E-state index is 13.3. The Balaban J connectivity index is 1.97. The summed E-state index contributed by atoms with van der Waals surface area (Å²) in [5, 5.41) is 2.87. The van der Waals surface area contributed by atoms with Gasteiger partial charge < -0.3 is 5.32 Å². The van der Waals surface area contributed by atoms with E-state index in [1.165, 1.54) is 5.56 Å². The number of carbonyl (C=O) groups is 1. The van der Waals surface area contributed by atoms with Crippen molar-refractivity contribution in [3.63, 3.8) is 0 Å². The van der Waals surface area contributed by atoms with Gasteiger partial charge in [0.25, 0.3) is 5.91 Å². The third-order valence-corrected chi connectivity index (χ3v) is 3.69. The minimum Gasteiger partial charge on any atom is -0.349 e. The Labute approximate surface area is 114 Å². The lowest BCUT2D eigenvalue weighted by molar-refractivity contribution is 0.0445. The van der Waals surface area contributed by atoms with Crippen molar-refractivity contribution in [2.45, 2.75) is 57.7 Å². The molecular weight excluding hydrogens is 241 g/mol. The van der Waals surface area contributed by atoms with Gasteiger partial charge in [0.2, 0.25) is 0 Å². The number of nitrogens with one attached hydrogen (secondary N) is 1. The van der Waals surface area contributed by atoms with E-state index >= 15 is 0 Å². The molecule has 1 aromatic carbocycles. The molecule has 0 saturated heterocycles. The van der Waals surface area contributed by atoms with Gasteiger partial charge in [-0.05, 0) is 30.0 Å². The van der Waals surface area contributed by atoms with Crippen LogP contribution >= 0.6 is 0 Å². The van der Waals surface area contributed by atoms with Crippen molar-refractivity contribution in [3.8, 4) is 0 Å². The Bertz CT molecular complexity index is 463. The highest BCUT2D eigenvalue weighted by Gasteiger charge is 2.41. The number of amides is 1. The van der Waals surface area contributed by atoms with E-state index in [4.69, 9.17) is 0 Å². The van der Waals surface area contributed by atoms with Gasteiger partial charge in [-0.1, -0.05) is 32.9 Å². The molecule has 1 fully saturated rings. The summed E-state index contributed by atoms with van der Waals surface area (Å²) in [5.74, 6) is -0.110. The van der Waals surface area contributed by atoms with Crippen molar-refractivity contribution >= 4 is 5.91 Å². The maximum Gasteiger partial charge on any atom is 0.251 e. The predicted octanol–water partition coefficient (Wildman–Crippen LogP) is 3.60. The van der Waals surface area contributed by atoms with Crippen LogP contribution in [0.2, 0.25) is 0 Å². The van der Waals surface area contributed by atoms with Gasteiger partial charge in [0.1, 0.15) is 5.67 Å². The maximum atomic E-state index is 13.3. The molecular formula is C16H22FNO. The molecule has 104 valence electrons. The van der Waals surface area contributed by atoms with E-state index in [0.717, 1.165) is 0 Å². The van der Waals surface area contributed by atoms with E-state index in [1.54, 1.807) is 6.92 Å². The number of hydrogen-bond donors (Lipinski definition) is 1. The van der Waals surface area contributed by atoms with E-state index < -0.39 is 5.67 Å². The largest absolute Gasteiger partial charge is 0.349 e. The van der Waals surface area contributed by atoms with Crippen molar-refractivity contribution in [2.24, 2.45) is 0 Å². The Morgan fingerprint density at radius 3 is 2.21 bits per heavy atom. The van der Waals surface area contributed by atoms with Crippen molar-refractivity contribution in [2.75, 3.05) is 0 Å². The third-order valence-electron chi connectivity index (χ3n) is 3.69. The molecule has 0 unspecified atom stereocenters. The van der Waals surface area contributed by atoms with Crippen molar-refractivity contribution < 1.29 is 9.18 Å². The van der Waals surface area contributed by atoms with Crippen LogP contribution in [0.25, 0.3) is 0 Å². The van der Waals surface area contributed by atoms with Gasteiger partial charge in [0, 0.05) is 24.4 Å². The van der Waals surface area contributed by atoms with Gasteiger partial charge >= 0.3 is 0 Å². The first-order valence-corrected chi connectivity index (χ1v) is 6.78. The van der Waals surface area contributed by atoms with Crippen LogP contribution in [0.5, 0.6) is 0 Å². The molecule has 1 saturated carbocycles. The topological polar surface area (TPSA) is 29.1 Å². The van der Waals surface area contributed by atoms with Crippen LogP contribution in [0.15, 0.2) is 24.3 Å². The molecule has 1 aliphatic carbocycles. The first-order chi connectivity index (χ1) is 8.67. The average Bonchev–Trinajstić information content (AvgIpc) is 2.25. The molecule has 3 heteroatoms. The monoisotopic (exact) mass is 263 g/mol. The highest BCUT2D eigenvalue weighted by atomic mass is 19.1. The van der Waals surface area contributed by atoms with Gasteiger partial charge in [-0.3, -0.25) is 4.79 Å². The summed E-state index contributed by atoms with van der Waals surface area (Å²) in [7, 11) is 0. The Hall–Kier alpha value is -1.38. The van der Waals surface area contributed by atoms with Gasteiger partial charge in [0.05, 0.1) is 0 Å². The fourth-order valence-corrected chi connectivity index (χ4v) is 2.46. The second-order valence-corrected chi connectivity index (χ2v) is 6.82. The third kappa shape index (κ3) is 3.34. The molecule has 1 N–H and O–H groups in total. The van der Waals surface area contributed by atoms with Gasteiger partial charge in [-0.25, -0.2) is 4.39 Å². The fourth-order valence-electron chi connectivity index (χ4n) is 2.46. The summed E-state index contributed by atoms with van der Waals surface area (Å²) >= 11 is 0. The van der Waals surface area contributed by atoms with E-state index in [2.05, 4.69) is 26.1 Å². The highest BCUT2D eigenvalue weighted by molar-refractivity contribution is 5.94. The number of rotatable bonds is 2. The zero-order chi connectivity index (χ0) is 14.3. The summed E-state index contributed by atoms with van der Waals surface area (Å²) in [6.07, 6.45) is 0.831. The molecule has 1 aliphatic rings. The van der Waals surface area contributed by atoms with Gasteiger partial charge in [-0.2, -0.15) is 0 Å². The van der Waals surface area contributed by atoms with E-state index in [9.17, 15) is 9.18 Å². The van der Waals surface area contributed by atoms with Gasteiger partial charge in [-0.15, -0.1) is 0 Å². The van der Waals surface area contributed by atoms with Crippen molar-refractivity contribution in [1.82, 2.24) is 5.32 Å². The van der Waals surface area contributed by atoms with E-state index in [1.807, 2.05) is 24.3 Å². The molecule has 0 bridgehead atoms. The fraction of sp³-hybridized carbons (Fsp3) is 0.562. The van der Waals surface area contributed by atoms with E-state index in [-0.39, 0.29) is 17.4 Å². The van der Waals surface area contributed by atoms with Crippen LogP contribution in [0, 0.1) is 0 Å². The minimum atomic E-state index is -1.10. The molecule has 0 spiro atoms. The number of benzene rings is 1. The van der Waals surface area contributed by atoms with Crippen molar-refractivity contribution in [1.29, 1.82) is 0 Å². The Kier molecular flexibility index (Phi) is 3.41. The van der Waals surface area contributed by atoms with Crippen LogP contribution in [-0.4, -0.2) is 17.6 Å². The predicted molar refractivity (Wildman–Crippen MR) is 75.1 cm³/mol. The Morgan fingerprint density at radius 2 is 1.79 bits per heavy atom. The first-order valence-electron chi connectivity index (χ1n) is 6.78. The molecule has 0 radical (unpaired) electrons. The summed E-state index contributed by atoms with van der Waals surface area (Å²) in [4.78, 5) is 12.0. The molecule has 0 atom stereocenters. The Morgan fingerprint density at radius 1 is 1.26 bits per heavy atom. The molecule has 0 aliphatic heterocycles. The molecule has 19 heavy (non-hydrogen) atoms. The molecule has 2 nitrogen and oxygen atoms in total. The van der Waals surface area contributed by atoms with Crippen molar-refractivity contribution in [3.05, 3.63) is 35.4 Å². The molecule has 1 amide bonds. The van der Waals surface area contributed by atoms with Crippen LogP contribution in [0.3, 0.4) is 0 Å². The quantitative estimate of drug-likeness (QED) is 0.867. The smallest absolute Gasteiger partial charge is 0.251 e. The zero-order valence-corrected chi connectivity index (χ0v) is 12.1. The van der Waals surface area contributed by atoms with Crippen LogP contribution < -0.4 is 5.32 Å². The molecule has 1 aromatic rings. The number of hydrogen-bond acceptors (Lipinski definition) is 1. The molecule has 2 rings (SSSR count). The zero-order valence-electron chi connectivity index (χ0n) is 12.1. The number of alkyl halides is 1. The summed E-state index contributed by atoms with van der Waals surface area (Å²) in [5.41, 5.74) is 0.817. The SMILES string of the molecule is CC1(F)CC(NC(=O)c2ccc(C(C)(C)C)cc2)C1.